The summed E-state index contributed by atoms with van der Waals surface area (Å²) in [5.41, 5.74) is 7.21. The maximum atomic E-state index is 11.6. The zero-order valence-electron chi connectivity index (χ0n) is 9.65. The van der Waals surface area contributed by atoms with Crippen LogP contribution in [0.3, 0.4) is 0 Å². The van der Waals surface area contributed by atoms with Crippen molar-refractivity contribution in [1.82, 2.24) is 0 Å². The molecule has 0 unspecified atom stereocenters. The van der Waals surface area contributed by atoms with Gasteiger partial charge in [-0.05, 0) is 26.0 Å². The molecule has 0 aliphatic rings. The first-order valence-corrected chi connectivity index (χ1v) is 6.06. The molecule has 0 amide bonds. The van der Waals surface area contributed by atoms with Crippen LogP contribution in [0, 0.1) is 6.92 Å². The second-order valence-corrected chi connectivity index (χ2v) is 4.56. The van der Waals surface area contributed by atoms with Crippen LogP contribution in [0.1, 0.15) is 22.4 Å². The smallest absolute Gasteiger partial charge is 0.350 e. The SMILES string of the molecule is CCOC(=O)c1sc(-c2ccoc2C)cc1N. The molecule has 0 bridgehead atoms. The van der Waals surface area contributed by atoms with Crippen molar-refractivity contribution in [3.05, 3.63) is 29.0 Å². The van der Waals surface area contributed by atoms with Crippen LogP contribution in [0.5, 0.6) is 0 Å². The predicted molar refractivity (Wildman–Crippen MR) is 67.1 cm³/mol. The summed E-state index contributed by atoms with van der Waals surface area (Å²) >= 11 is 1.32. The quantitative estimate of drug-likeness (QED) is 0.851. The highest BCUT2D eigenvalue weighted by atomic mass is 32.1. The van der Waals surface area contributed by atoms with Crippen molar-refractivity contribution in [3.63, 3.8) is 0 Å². The highest BCUT2D eigenvalue weighted by Gasteiger charge is 2.17. The highest BCUT2D eigenvalue weighted by molar-refractivity contribution is 7.18. The van der Waals surface area contributed by atoms with E-state index in [1.54, 1.807) is 19.3 Å². The maximum absolute atomic E-state index is 11.6. The Morgan fingerprint density at radius 1 is 1.59 bits per heavy atom. The topological polar surface area (TPSA) is 65.5 Å². The fraction of sp³-hybridized carbons (Fsp3) is 0.250. The molecule has 4 nitrogen and oxygen atoms in total. The van der Waals surface area contributed by atoms with Crippen LogP contribution in [0.15, 0.2) is 22.8 Å². The molecule has 5 heteroatoms. The van der Waals surface area contributed by atoms with Crippen molar-refractivity contribution in [2.24, 2.45) is 0 Å². The van der Waals surface area contributed by atoms with E-state index in [2.05, 4.69) is 0 Å². The molecule has 0 aliphatic carbocycles. The number of ether oxygens (including phenoxy) is 1. The van der Waals surface area contributed by atoms with Gasteiger partial charge in [0, 0.05) is 10.4 Å². The van der Waals surface area contributed by atoms with E-state index in [-0.39, 0.29) is 5.97 Å². The van der Waals surface area contributed by atoms with Crippen LogP contribution in [0.25, 0.3) is 10.4 Å². The Kier molecular flexibility index (Phi) is 3.19. The van der Waals surface area contributed by atoms with Gasteiger partial charge in [-0.3, -0.25) is 0 Å². The number of esters is 1. The van der Waals surface area contributed by atoms with Crippen LogP contribution in [-0.2, 0) is 4.74 Å². The van der Waals surface area contributed by atoms with Gasteiger partial charge in [0.15, 0.2) is 0 Å². The van der Waals surface area contributed by atoms with Gasteiger partial charge >= 0.3 is 5.97 Å². The van der Waals surface area contributed by atoms with E-state index < -0.39 is 0 Å². The lowest BCUT2D eigenvalue weighted by molar-refractivity contribution is 0.0533. The van der Waals surface area contributed by atoms with Crippen LogP contribution in [-0.4, -0.2) is 12.6 Å². The van der Waals surface area contributed by atoms with E-state index in [9.17, 15) is 4.79 Å². The lowest BCUT2D eigenvalue weighted by Crippen LogP contribution is -2.04. The summed E-state index contributed by atoms with van der Waals surface area (Å²) in [5.74, 6) is 0.434. The van der Waals surface area contributed by atoms with E-state index in [1.807, 2.05) is 13.0 Å². The zero-order valence-corrected chi connectivity index (χ0v) is 10.5. The minimum Gasteiger partial charge on any atom is -0.469 e. The molecule has 0 saturated heterocycles. The molecule has 0 spiro atoms. The van der Waals surface area contributed by atoms with Gasteiger partial charge < -0.3 is 14.9 Å². The number of furan rings is 1. The van der Waals surface area contributed by atoms with Crippen molar-refractivity contribution in [2.75, 3.05) is 12.3 Å². The third kappa shape index (κ3) is 2.19. The van der Waals surface area contributed by atoms with Crippen LogP contribution >= 0.6 is 11.3 Å². The molecule has 0 aliphatic heterocycles. The number of hydrogen-bond acceptors (Lipinski definition) is 5. The first kappa shape index (κ1) is 11.7. The van der Waals surface area contributed by atoms with Gasteiger partial charge in [-0.15, -0.1) is 11.3 Å². The zero-order chi connectivity index (χ0) is 12.4. The molecule has 17 heavy (non-hydrogen) atoms. The largest absolute Gasteiger partial charge is 0.469 e. The van der Waals surface area contributed by atoms with Gasteiger partial charge in [-0.1, -0.05) is 0 Å². The Hall–Kier alpha value is -1.75. The minimum atomic E-state index is -0.373. The highest BCUT2D eigenvalue weighted by Crippen LogP contribution is 2.35. The molecule has 2 aromatic heterocycles. The van der Waals surface area contributed by atoms with Gasteiger partial charge in [0.2, 0.25) is 0 Å². The molecule has 0 saturated carbocycles. The summed E-state index contributed by atoms with van der Waals surface area (Å²) in [5, 5.41) is 0. The number of hydrogen-bond donors (Lipinski definition) is 1. The van der Waals surface area contributed by atoms with Crippen LogP contribution < -0.4 is 5.73 Å². The molecule has 0 fully saturated rings. The molecular weight excluding hydrogens is 238 g/mol. The predicted octanol–water partition coefficient (Wildman–Crippen LogP) is 3.08. The molecule has 2 heterocycles. The van der Waals surface area contributed by atoms with Gasteiger partial charge in [-0.25, -0.2) is 4.79 Å². The van der Waals surface area contributed by atoms with E-state index in [4.69, 9.17) is 14.9 Å². The number of aryl methyl sites for hydroxylation is 1. The van der Waals surface area contributed by atoms with Gasteiger partial charge in [0.25, 0.3) is 0 Å². The number of carbonyl (C=O) groups is 1. The standard InChI is InChI=1S/C12H13NO3S/c1-3-15-12(14)11-9(13)6-10(17-11)8-4-5-16-7(8)2/h4-6H,3,13H2,1-2H3. The molecule has 0 aromatic carbocycles. The fourth-order valence-corrected chi connectivity index (χ4v) is 2.58. The van der Waals surface area contributed by atoms with Gasteiger partial charge in [0.05, 0.1) is 18.6 Å². The molecule has 2 N–H and O–H groups in total. The average Bonchev–Trinajstić information content (AvgIpc) is 2.84. The van der Waals surface area contributed by atoms with Gasteiger partial charge in [-0.2, -0.15) is 0 Å². The van der Waals surface area contributed by atoms with Crippen molar-refractivity contribution >= 4 is 23.0 Å². The third-order valence-corrected chi connectivity index (χ3v) is 3.51. The first-order valence-electron chi connectivity index (χ1n) is 5.24. The number of nitrogen functional groups attached to an aromatic ring is 1. The lowest BCUT2D eigenvalue weighted by atomic mass is 10.2. The van der Waals surface area contributed by atoms with Crippen molar-refractivity contribution in [1.29, 1.82) is 0 Å². The molecule has 2 rings (SSSR count). The van der Waals surface area contributed by atoms with E-state index in [0.29, 0.717) is 17.2 Å². The van der Waals surface area contributed by atoms with Crippen molar-refractivity contribution in [2.45, 2.75) is 13.8 Å². The Bertz CT molecular complexity index is 542. The molecular formula is C12H13NO3S. The molecule has 2 aromatic rings. The fourth-order valence-electron chi connectivity index (χ4n) is 1.53. The summed E-state index contributed by atoms with van der Waals surface area (Å²) in [4.78, 5) is 13.0. The van der Waals surface area contributed by atoms with Crippen LogP contribution in [0.4, 0.5) is 5.69 Å². The first-order chi connectivity index (χ1) is 8.13. The summed E-state index contributed by atoms with van der Waals surface area (Å²) < 4.78 is 10.2. The number of thiophene rings is 1. The summed E-state index contributed by atoms with van der Waals surface area (Å²) in [6.07, 6.45) is 1.62. The minimum absolute atomic E-state index is 0.343. The Morgan fingerprint density at radius 2 is 2.35 bits per heavy atom. The molecule has 0 atom stereocenters. The normalized spacial score (nSPS) is 10.5. The second-order valence-electron chi connectivity index (χ2n) is 3.51. The monoisotopic (exact) mass is 251 g/mol. The number of rotatable bonds is 3. The van der Waals surface area contributed by atoms with Gasteiger partial charge in [0.1, 0.15) is 10.6 Å². The number of nitrogens with two attached hydrogens (primary N) is 1. The van der Waals surface area contributed by atoms with E-state index >= 15 is 0 Å². The van der Waals surface area contributed by atoms with Crippen molar-refractivity contribution in [3.8, 4) is 10.4 Å². The lowest BCUT2D eigenvalue weighted by Gasteiger charge is -1.98. The Morgan fingerprint density at radius 3 is 2.94 bits per heavy atom. The maximum Gasteiger partial charge on any atom is 0.350 e. The summed E-state index contributed by atoms with van der Waals surface area (Å²) in [6, 6.07) is 3.63. The second kappa shape index (κ2) is 4.63. The molecule has 0 radical (unpaired) electrons. The van der Waals surface area contributed by atoms with E-state index in [0.717, 1.165) is 16.2 Å². The Balaban J connectivity index is 2.37. The summed E-state index contributed by atoms with van der Waals surface area (Å²) in [6.45, 7) is 3.98. The third-order valence-electron chi connectivity index (χ3n) is 2.35. The number of carbonyl (C=O) groups excluding carboxylic acids is 1. The molecule has 90 valence electrons. The van der Waals surface area contributed by atoms with Crippen LogP contribution in [0.2, 0.25) is 0 Å². The Labute approximate surface area is 103 Å². The van der Waals surface area contributed by atoms with Crippen molar-refractivity contribution < 1.29 is 13.9 Å². The summed E-state index contributed by atoms with van der Waals surface area (Å²) in [7, 11) is 0. The van der Waals surface area contributed by atoms with E-state index in [1.165, 1.54) is 11.3 Å². The average molecular weight is 251 g/mol. The number of anilines is 1.